The molecule has 0 radical (unpaired) electrons. The van der Waals surface area contributed by atoms with Crippen LogP contribution in [0.15, 0.2) is 0 Å². The van der Waals surface area contributed by atoms with Gasteiger partial charge in [0.2, 0.25) is 0 Å². The van der Waals surface area contributed by atoms with Gasteiger partial charge in [0.15, 0.2) is 0 Å². The summed E-state index contributed by atoms with van der Waals surface area (Å²) in [4.78, 5) is 14.0. The van der Waals surface area contributed by atoms with E-state index >= 15 is 0 Å². The van der Waals surface area contributed by atoms with Crippen LogP contribution in [0.5, 0.6) is 0 Å². The van der Waals surface area contributed by atoms with Crippen LogP contribution in [0.4, 0.5) is 0 Å². The number of likely N-dealkylation sites (tertiary alicyclic amines) is 1. The summed E-state index contributed by atoms with van der Waals surface area (Å²) >= 11 is 0. The van der Waals surface area contributed by atoms with Crippen molar-refractivity contribution in [1.29, 1.82) is 0 Å². The van der Waals surface area contributed by atoms with E-state index in [-0.39, 0.29) is 11.9 Å². The Morgan fingerprint density at radius 3 is 2.76 bits per heavy atom. The Hall–Kier alpha value is -0.610. The molecule has 100 valence electrons. The SMILES string of the molecule is CCCC(C(=O)OCC)C1(O)CCCN(C)C1. The number of rotatable bonds is 5. The molecule has 1 rings (SSSR count). The number of nitrogens with zero attached hydrogens (tertiary/aromatic N) is 1. The number of hydrogen-bond acceptors (Lipinski definition) is 4. The lowest BCUT2D eigenvalue weighted by molar-refractivity contribution is -0.163. The maximum absolute atomic E-state index is 11.9. The Kier molecular flexibility index (Phi) is 5.40. The van der Waals surface area contributed by atoms with Crippen LogP contribution < -0.4 is 0 Å². The van der Waals surface area contributed by atoms with Gasteiger partial charge in [-0.1, -0.05) is 13.3 Å². The highest BCUT2D eigenvalue weighted by molar-refractivity contribution is 5.74. The number of aliphatic hydroxyl groups is 1. The zero-order valence-corrected chi connectivity index (χ0v) is 11.2. The first kappa shape index (κ1) is 14.5. The first-order valence-electron chi connectivity index (χ1n) is 6.61. The Labute approximate surface area is 104 Å². The Balaban J connectivity index is 2.76. The molecule has 1 N–H and O–H groups in total. The van der Waals surface area contributed by atoms with E-state index in [2.05, 4.69) is 4.90 Å². The van der Waals surface area contributed by atoms with Crippen LogP contribution in [0.1, 0.15) is 39.5 Å². The van der Waals surface area contributed by atoms with Gasteiger partial charge in [0.25, 0.3) is 0 Å². The molecule has 4 nitrogen and oxygen atoms in total. The standard InChI is InChI=1S/C13H25NO3/c1-4-7-11(12(15)17-5-2)13(16)8-6-9-14(3)10-13/h11,16H,4-10H2,1-3H3. The lowest BCUT2D eigenvalue weighted by Crippen LogP contribution is -2.53. The third kappa shape index (κ3) is 3.68. The van der Waals surface area contributed by atoms with Crippen molar-refractivity contribution in [1.82, 2.24) is 4.90 Å². The van der Waals surface area contributed by atoms with Gasteiger partial charge in [0.05, 0.1) is 18.1 Å². The normalized spacial score (nSPS) is 27.8. The summed E-state index contributed by atoms with van der Waals surface area (Å²) in [7, 11) is 1.98. The van der Waals surface area contributed by atoms with Crippen molar-refractivity contribution >= 4 is 5.97 Å². The Bertz CT molecular complexity index is 257. The van der Waals surface area contributed by atoms with Gasteiger partial charge in [0, 0.05) is 6.54 Å². The minimum absolute atomic E-state index is 0.243. The number of ether oxygens (including phenoxy) is 1. The maximum atomic E-state index is 11.9. The molecule has 0 spiro atoms. The average Bonchev–Trinajstić information content (AvgIpc) is 2.25. The van der Waals surface area contributed by atoms with Crippen molar-refractivity contribution < 1.29 is 14.6 Å². The molecule has 2 atom stereocenters. The van der Waals surface area contributed by atoms with E-state index in [0.717, 1.165) is 19.4 Å². The molecule has 1 fully saturated rings. The highest BCUT2D eigenvalue weighted by atomic mass is 16.5. The van der Waals surface area contributed by atoms with E-state index in [0.29, 0.717) is 26.0 Å². The average molecular weight is 243 g/mol. The molecular weight excluding hydrogens is 218 g/mol. The van der Waals surface area contributed by atoms with Crippen molar-refractivity contribution in [2.45, 2.75) is 45.1 Å². The predicted molar refractivity (Wildman–Crippen MR) is 66.7 cm³/mol. The molecule has 0 aromatic heterocycles. The molecule has 4 heteroatoms. The minimum atomic E-state index is -0.907. The molecular formula is C13H25NO3. The monoisotopic (exact) mass is 243 g/mol. The van der Waals surface area contributed by atoms with Crippen LogP contribution in [0.2, 0.25) is 0 Å². The van der Waals surface area contributed by atoms with Crippen LogP contribution >= 0.6 is 0 Å². The van der Waals surface area contributed by atoms with Crippen LogP contribution in [0.3, 0.4) is 0 Å². The van der Waals surface area contributed by atoms with Gasteiger partial charge in [-0.2, -0.15) is 0 Å². The topological polar surface area (TPSA) is 49.8 Å². The molecule has 0 bridgehead atoms. The van der Waals surface area contributed by atoms with Gasteiger partial charge in [-0.15, -0.1) is 0 Å². The fraction of sp³-hybridized carbons (Fsp3) is 0.923. The van der Waals surface area contributed by atoms with E-state index in [1.54, 1.807) is 6.92 Å². The van der Waals surface area contributed by atoms with Gasteiger partial charge < -0.3 is 14.7 Å². The zero-order chi connectivity index (χ0) is 12.9. The van der Waals surface area contributed by atoms with Crippen LogP contribution in [0, 0.1) is 5.92 Å². The number of esters is 1. The van der Waals surface area contributed by atoms with Crippen LogP contribution in [-0.4, -0.2) is 48.3 Å². The molecule has 0 aliphatic carbocycles. The summed E-state index contributed by atoms with van der Waals surface area (Å²) in [6.07, 6.45) is 3.21. The van der Waals surface area contributed by atoms with E-state index in [9.17, 15) is 9.90 Å². The van der Waals surface area contributed by atoms with E-state index in [1.807, 2.05) is 14.0 Å². The smallest absolute Gasteiger partial charge is 0.311 e. The number of β-amino-alcohol motifs (C(OH)–C–C–N with tert-alkyl or cyclic N) is 1. The molecule has 1 heterocycles. The lowest BCUT2D eigenvalue weighted by atomic mass is 9.78. The van der Waals surface area contributed by atoms with Gasteiger partial charge in [-0.3, -0.25) is 4.79 Å². The molecule has 0 aromatic rings. The Morgan fingerprint density at radius 1 is 1.53 bits per heavy atom. The fourth-order valence-electron chi connectivity index (χ4n) is 2.70. The summed E-state index contributed by atoms with van der Waals surface area (Å²) < 4.78 is 5.09. The second kappa shape index (κ2) is 6.36. The number of carbonyl (C=O) groups is 1. The molecule has 0 amide bonds. The van der Waals surface area contributed by atoms with Crippen molar-refractivity contribution in [3.05, 3.63) is 0 Å². The third-order valence-corrected chi connectivity index (χ3v) is 3.49. The fourth-order valence-corrected chi connectivity index (χ4v) is 2.70. The largest absolute Gasteiger partial charge is 0.466 e. The predicted octanol–water partition coefficient (Wildman–Crippen LogP) is 1.42. The second-order valence-corrected chi connectivity index (χ2v) is 5.04. The van der Waals surface area contributed by atoms with Gasteiger partial charge in [0.1, 0.15) is 0 Å². The first-order valence-corrected chi connectivity index (χ1v) is 6.61. The highest BCUT2D eigenvalue weighted by Crippen LogP contribution is 2.32. The highest BCUT2D eigenvalue weighted by Gasteiger charge is 2.43. The first-order chi connectivity index (χ1) is 8.03. The summed E-state index contributed by atoms with van der Waals surface area (Å²) in [6, 6.07) is 0. The van der Waals surface area contributed by atoms with Gasteiger partial charge in [-0.05, 0) is 39.8 Å². The quantitative estimate of drug-likeness (QED) is 0.742. The molecule has 17 heavy (non-hydrogen) atoms. The molecule has 1 aliphatic rings. The van der Waals surface area contributed by atoms with Gasteiger partial charge >= 0.3 is 5.97 Å². The van der Waals surface area contributed by atoms with Crippen molar-refractivity contribution in [3.8, 4) is 0 Å². The molecule has 2 unspecified atom stereocenters. The molecule has 0 saturated carbocycles. The van der Waals surface area contributed by atoms with E-state index < -0.39 is 5.60 Å². The van der Waals surface area contributed by atoms with Crippen molar-refractivity contribution in [2.75, 3.05) is 26.7 Å². The Morgan fingerprint density at radius 2 is 2.24 bits per heavy atom. The van der Waals surface area contributed by atoms with E-state index in [4.69, 9.17) is 4.74 Å². The second-order valence-electron chi connectivity index (χ2n) is 5.04. The molecule has 1 saturated heterocycles. The molecule has 1 aliphatic heterocycles. The summed E-state index contributed by atoms with van der Waals surface area (Å²) in [5.74, 6) is -0.623. The number of likely N-dealkylation sites (N-methyl/N-ethyl adjacent to an activating group) is 1. The minimum Gasteiger partial charge on any atom is -0.466 e. The number of piperidine rings is 1. The summed E-state index contributed by atoms with van der Waals surface area (Å²) in [6.45, 7) is 5.77. The lowest BCUT2D eigenvalue weighted by Gasteiger charge is -2.41. The van der Waals surface area contributed by atoms with Crippen molar-refractivity contribution in [2.24, 2.45) is 5.92 Å². The van der Waals surface area contributed by atoms with E-state index in [1.165, 1.54) is 0 Å². The number of hydrogen-bond donors (Lipinski definition) is 1. The van der Waals surface area contributed by atoms with Crippen LogP contribution in [0.25, 0.3) is 0 Å². The van der Waals surface area contributed by atoms with Crippen molar-refractivity contribution in [3.63, 3.8) is 0 Å². The van der Waals surface area contributed by atoms with Crippen LogP contribution in [-0.2, 0) is 9.53 Å². The zero-order valence-electron chi connectivity index (χ0n) is 11.2. The third-order valence-electron chi connectivity index (χ3n) is 3.49. The summed E-state index contributed by atoms with van der Waals surface area (Å²) in [5, 5.41) is 10.7. The maximum Gasteiger partial charge on any atom is 0.311 e. The summed E-state index contributed by atoms with van der Waals surface area (Å²) in [5.41, 5.74) is -0.907. The van der Waals surface area contributed by atoms with Gasteiger partial charge in [-0.25, -0.2) is 0 Å². The molecule has 0 aromatic carbocycles. The number of carbonyl (C=O) groups excluding carboxylic acids is 1.